The van der Waals surface area contributed by atoms with Crippen LogP contribution in [0.2, 0.25) is 0 Å². The van der Waals surface area contributed by atoms with E-state index in [4.69, 9.17) is 4.98 Å². The summed E-state index contributed by atoms with van der Waals surface area (Å²) in [4.78, 5) is 34.5. The molecule has 0 aliphatic heterocycles. The SMILES string of the molecule is CC(C)C[C@H](NC(=O)CCCn1cnc2ccccc2c1=O)c1nc2ccccc2n1C. The molecule has 0 fully saturated rings. The number of rotatable bonds is 8. The van der Waals surface area contributed by atoms with Gasteiger partial charge in [-0.1, -0.05) is 38.1 Å². The Morgan fingerprint density at radius 2 is 1.78 bits per heavy atom. The van der Waals surface area contributed by atoms with Crippen molar-refractivity contribution in [1.29, 1.82) is 0 Å². The molecule has 4 rings (SSSR count). The summed E-state index contributed by atoms with van der Waals surface area (Å²) in [5.74, 6) is 1.23. The molecule has 166 valence electrons. The van der Waals surface area contributed by atoms with Crippen LogP contribution in [-0.4, -0.2) is 25.0 Å². The van der Waals surface area contributed by atoms with Crippen molar-refractivity contribution in [2.75, 3.05) is 0 Å². The molecule has 2 aromatic heterocycles. The summed E-state index contributed by atoms with van der Waals surface area (Å²) in [6, 6.07) is 15.1. The van der Waals surface area contributed by atoms with Crippen molar-refractivity contribution in [3.63, 3.8) is 0 Å². The number of nitrogens with zero attached hydrogens (tertiary/aromatic N) is 4. The molecule has 0 saturated carbocycles. The van der Waals surface area contributed by atoms with Gasteiger partial charge in [0.1, 0.15) is 5.82 Å². The average Bonchev–Trinajstić information content (AvgIpc) is 3.11. The first kappa shape index (κ1) is 21.7. The number of hydrogen-bond acceptors (Lipinski definition) is 4. The Labute approximate surface area is 187 Å². The van der Waals surface area contributed by atoms with E-state index in [0.717, 1.165) is 23.3 Å². The highest BCUT2D eigenvalue weighted by molar-refractivity contribution is 5.78. The van der Waals surface area contributed by atoms with Crippen LogP contribution in [0.25, 0.3) is 21.9 Å². The quantitative estimate of drug-likeness (QED) is 0.458. The summed E-state index contributed by atoms with van der Waals surface area (Å²) in [5.41, 5.74) is 2.59. The fourth-order valence-electron chi connectivity index (χ4n) is 4.12. The summed E-state index contributed by atoms with van der Waals surface area (Å²) in [6.45, 7) is 4.73. The number of hydrogen-bond donors (Lipinski definition) is 1. The Morgan fingerprint density at radius 3 is 2.53 bits per heavy atom. The lowest BCUT2D eigenvalue weighted by Crippen LogP contribution is -2.31. The van der Waals surface area contributed by atoms with Crippen LogP contribution in [-0.2, 0) is 18.4 Å². The number of amides is 1. The number of aryl methyl sites for hydroxylation is 2. The first-order valence-corrected chi connectivity index (χ1v) is 11.1. The number of carbonyl (C=O) groups is 1. The van der Waals surface area contributed by atoms with E-state index < -0.39 is 0 Å². The molecular formula is C25H29N5O2. The molecule has 2 heterocycles. The second kappa shape index (κ2) is 9.34. The van der Waals surface area contributed by atoms with Crippen molar-refractivity contribution in [1.82, 2.24) is 24.4 Å². The maximum atomic E-state index is 12.8. The Hall–Kier alpha value is -3.48. The Kier molecular flexibility index (Phi) is 6.35. The summed E-state index contributed by atoms with van der Waals surface area (Å²) < 4.78 is 3.63. The minimum Gasteiger partial charge on any atom is -0.346 e. The van der Waals surface area contributed by atoms with Gasteiger partial charge >= 0.3 is 0 Å². The van der Waals surface area contributed by atoms with Gasteiger partial charge in [-0.2, -0.15) is 0 Å². The number of fused-ring (bicyclic) bond motifs is 2. The second-order valence-electron chi connectivity index (χ2n) is 8.63. The van der Waals surface area contributed by atoms with Crippen LogP contribution >= 0.6 is 0 Å². The molecule has 7 nitrogen and oxygen atoms in total. The standard InChI is InChI=1S/C25H29N5O2/c1-17(2)15-21(24-28-20-11-6-7-12-22(20)29(24)3)27-23(31)13-8-14-30-16-26-19-10-5-4-9-18(19)25(30)32/h4-7,9-12,16-17,21H,8,13-15H2,1-3H3,(H,27,31)/t21-/m0/s1. The predicted molar refractivity (Wildman–Crippen MR) is 126 cm³/mol. The van der Waals surface area contributed by atoms with Gasteiger partial charge in [-0.05, 0) is 43.0 Å². The van der Waals surface area contributed by atoms with Crippen LogP contribution in [0.4, 0.5) is 0 Å². The lowest BCUT2D eigenvalue weighted by molar-refractivity contribution is -0.122. The van der Waals surface area contributed by atoms with Gasteiger partial charge in [0.25, 0.3) is 5.56 Å². The normalized spacial score (nSPS) is 12.5. The highest BCUT2D eigenvalue weighted by Crippen LogP contribution is 2.24. The molecule has 2 aromatic carbocycles. The maximum absolute atomic E-state index is 12.8. The van der Waals surface area contributed by atoms with Gasteiger partial charge in [0.2, 0.25) is 5.91 Å². The zero-order valence-corrected chi connectivity index (χ0v) is 18.8. The van der Waals surface area contributed by atoms with Crippen molar-refractivity contribution in [2.24, 2.45) is 13.0 Å². The molecule has 0 aliphatic rings. The molecule has 32 heavy (non-hydrogen) atoms. The van der Waals surface area contributed by atoms with Crippen LogP contribution in [0, 0.1) is 5.92 Å². The molecule has 0 bridgehead atoms. The summed E-state index contributed by atoms with van der Waals surface area (Å²) >= 11 is 0. The van der Waals surface area contributed by atoms with Crippen LogP contribution in [0.5, 0.6) is 0 Å². The van der Waals surface area contributed by atoms with Crippen molar-refractivity contribution >= 4 is 27.8 Å². The lowest BCUT2D eigenvalue weighted by atomic mass is 10.0. The van der Waals surface area contributed by atoms with Gasteiger partial charge in [0.15, 0.2) is 0 Å². The molecular weight excluding hydrogens is 402 g/mol. The van der Waals surface area contributed by atoms with Crippen LogP contribution in [0.15, 0.2) is 59.7 Å². The zero-order valence-electron chi connectivity index (χ0n) is 18.8. The highest BCUT2D eigenvalue weighted by Gasteiger charge is 2.21. The maximum Gasteiger partial charge on any atom is 0.261 e. The van der Waals surface area contributed by atoms with Gasteiger partial charge in [-0.25, -0.2) is 9.97 Å². The minimum absolute atomic E-state index is 0.0375. The number of benzene rings is 2. The molecule has 1 amide bonds. The Bertz CT molecular complexity index is 1300. The van der Waals surface area contributed by atoms with Gasteiger partial charge < -0.3 is 9.88 Å². The molecule has 0 aliphatic carbocycles. The first-order chi connectivity index (χ1) is 15.4. The number of carbonyl (C=O) groups excluding carboxylic acids is 1. The Morgan fingerprint density at radius 1 is 1.06 bits per heavy atom. The van der Waals surface area contributed by atoms with Gasteiger partial charge in [0, 0.05) is 20.0 Å². The van der Waals surface area contributed by atoms with Crippen LogP contribution in [0.3, 0.4) is 0 Å². The summed E-state index contributed by atoms with van der Waals surface area (Å²) in [7, 11) is 1.99. The van der Waals surface area contributed by atoms with Crippen LogP contribution < -0.4 is 10.9 Å². The van der Waals surface area contributed by atoms with E-state index in [0.29, 0.717) is 36.2 Å². The first-order valence-electron chi connectivity index (χ1n) is 11.1. The zero-order chi connectivity index (χ0) is 22.7. The third kappa shape index (κ3) is 4.56. The summed E-state index contributed by atoms with van der Waals surface area (Å²) in [5, 5.41) is 3.77. The Balaban J connectivity index is 1.43. The minimum atomic E-state index is -0.162. The molecule has 0 saturated heterocycles. The number of nitrogens with one attached hydrogen (secondary N) is 1. The predicted octanol–water partition coefficient (Wildman–Crippen LogP) is 3.97. The third-order valence-electron chi connectivity index (χ3n) is 5.71. The van der Waals surface area contributed by atoms with E-state index in [-0.39, 0.29) is 17.5 Å². The van der Waals surface area contributed by atoms with Crippen molar-refractivity contribution in [3.8, 4) is 0 Å². The number of para-hydroxylation sites is 3. The number of aromatic nitrogens is 4. The summed E-state index contributed by atoms with van der Waals surface area (Å²) in [6.07, 6.45) is 3.25. The molecule has 0 spiro atoms. The molecule has 1 N–H and O–H groups in total. The van der Waals surface area contributed by atoms with E-state index in [9.17, 15) is 9.59 Å². The van der Waals surface area contributed by atoms with Gasteiger partial charge in [0.05, 0.1) is 34.3 Å². The van der Waals surface area contributed by atoms with Crippen molar-refractivity contribution < 1.29 is 4.79 Å². The monoisotopic (exact) mass is 431 g/mol. The topological polar surface area (TPSA) is 81.8 Å². The smallest absolute Gasteiger partial charge is 0.261 e. The van der Waals surface area contributed by atoms with E-state index in [1.54, 1.807) is 17.0 Å². The van der Waals surface area contributed by atoms with Gasteiger partial charge in [-0.3, -0.25) is 14.2 Å². The lowest BCUT2D eigenvalue weighted by Gasteiger charge is -2.20. The largest absolute Gasteiger partial charge is 0.346 e. The average molecular weight is 432 g/mol. The third-order valence-corrected chi connectivity index (χ3v) is 5.71. The van der Waals surface area contributed by atoms with Gasteiger partial charge in [-0.15, -0.1) is 0 Å². The van der Waals surface area contributed by atoms with E-state index in [1.165, 1.54) is 0 Å². The molecule has 7 heteroatoms. The molecule has 1 atom stereocenters. The highest BCUT2D eigenvalue weighted by atomic mass is 16.1. The molecule has 0 radical (unpaired) electrons. The molecule has 4 aromatic rings. The fourth-order valence-corrected chi connectivity index (χ4v) is 4.12. The molecule has 0 unspecified atom stereocenters. The van der Waals surface area contributed by atoms with E-state index in [2.05, 4.69) is 28.7 Å². The van der Waals surface area contributed by atoms with E-state index >= 15 is 0 Å². The second-order valence-corrected chi connectivity index (χ2v) is 8.63. The fraction of sp³-hybridized carbons (Fsp3) is 0.360. The van der Waals surface area contributed by atoms with Crippen molar-refractivity contribution in [3.05, 3.63) is 71.0 Å². The van der Waals surface area contributed by atoms with Crippen LogP contribution in [0.1, 0.15) is 45.0 Å². The van der Waals surface area contributed by atoms with Crippen molar-refractivity contribution in [2.45, 2.75) is 45.7 Å². The number of imidazole rings is 1. The van der Waals surface area contributed by atoms with E-state index in [1.807, 2.05) is 49.5 Å².